The second kappa shape index (κ2) is 11.0. The number of pyridine rings is 1. The van der Waals surface area contributed by atoms with Crippen LogP contribution < -0.4 is 4.74 Å². The number of carbonyl (C=O) groups excluding carboxylic acids is 1. The normalized spacial score (nSPS) is 11.6. The Balaban J connectivity index is 1.77. The number of Topliss-reactive ketones (excluding diaryl/α,β-unsaturated/α-hetero) is 1. The first-order valence-corrected chi connectivity index (χ1v) is 12.4. The fourth-order valence-electron chi connectivity index (χ4n) is 4.50. The van der Waals surface area contributed by atoms with E-state index in [1.807, 2.05) is 36.4 Å². The van der Waals surface area contributed by atoms with E-state index in [1.54, 1.807) is 6.20 Å². The molecule has 0 spiro atoms. The van der Waals surface area contributed by atoms with Crippen LogP contribution in [0.3, 0.4) is 0 Å². The first-order valence-electron chi connectivity index (χ1n) is 12.4. The Morgan fingerprint density at radius 1 is 1.00 bits per heavy atom. The van der Waals surface area contributed by atoms with Crippen molar-refractivity contribution in [1.82, 2.24) is 9.55 Å². The van der Waals surface area contributed by atoms with E-state index in [-0.39, 0.29) is 18.1 Å². The van der Waals surface area contributed by atoms with E-state index in [0.29, 0.717) is 36.6 Å². The van der Waals surface area contributed by atoms with E-state index in [4.69, 9.17) is 4.74 Å². The largest absolute Gasteiger partial charge is 0.493 e. The van der Waals surface area contributed by atoms with Crippen LogP contribution in [0.5, 0.6) is 5.75 Å². The van der Waals surface area contributed by atoms with Gasteiger partial charge in [0.05, 0.1) is 24.4 Å². The van der Waals surface area contributed by atoms with E-state index in [9.17, 15) is 13.6 Å². The van der Waals surface area contributed by atoms with Gasteiger partial charge in [0.15, 0.2) is 17.4 Å². The van der Waals surface area contributed by atoms with Crippen molar-refractivity contribution < 1.29 is 18.3 Å². The van der Waals surface area contributed by atoms with Gasteiger partial charge in [0.2, 0.25) is 0 Å². The number of aryl methyl sites for hydroxylation is 1. The number of benzene rings is 2. The fourth-order valence-corrected chi connectivity index (χ4v) is 4.50. The molecule has 188 valence electrons. The highest BCUT2D eigenvalue weighted by molar-refractivity contribution is 6.10. The molecule has 0 aliphatic rings. The Morgan fingerprint density at radius 2 is 1.81 bits per heavy atom. The third kappa shape index (κ3) is 5.64. The number of hydrogen-bond donors (Lipinski definition) is 0. The van der Waals surface area contributed by atoms with Gasteiger partial charge in [-0.05, 0) is 60.2 Å². The summed E-state index contributed by atoms with van der Waals surface area (Å²) in [6.07, 6.45) is 2.29. The summed E-state index contributed by atoms with van der Waals surface area (Å²) in [7, 11) is 0. The predicted octanol–water partition coefficient (Wildman–Crippen LogP) is 7.34. The quantitative estimate of drug-likeness (QED) is 0.219. The van der Waals surface area contributed by atoms with Crippen LogP contribution in [0, 0.1) is 17.6 Å². The Labute approximate surface area is 210 Å². The second-order valence-electron chi connectivity index (χ2n) is 9.88. The van der Waals surface area contributed by atoms with Crippen molar-refractivity contribution in [2.75, 3.05) is 6.61 Å². The van der Waals surface area contributed by atoms with Crippen molar-refractivity contribution in [3.63, 3.8) is 0 Å². The van der Waals surface area contributed by atoms with Gasteiger partial charge in [-0.15, -0.1) is 0 Å². The minimum atomic E-state index is -0.899. The molecule has 0 saturated carbocycles. The summed E-state index contributed by atoms with van der Waals surface area (Å²) in [4.78, 5) is 18.2. The molecular weight excluding hydrogens is 458 g/mol. The molecule has 0 amide bonds. The summed E-state index contributed by atoms with van der Waals surface area (Å²) >= 11 is 0. The van der Waals surface area contributed by atoms with E-state index < -0.39 is 11.6 Å². The molecule has 2 heterocycles. The number of carbonyl (C=O) groups is 1. The molecule has 4 rings (SSSR count). The summed E-state index contributed by atoms with van der Waals surface area (Å²) in [5.41, 5.74) is 4.02. The summed E-state index contributed by atoms with van der Waals surface area (Å²) in [6.45, 7) is 9.47. The Morgan fingerprint density at radius 3 is 2.47 bits per heavy atom. The standard InChI is InChI=1S/C30H32F2N2O2/c1-19(2)18-36-23-10-11-24-27(16-23)34(17-22-7-5-6-14-33-22)30(20(3)4)29(24)28(35)13-9-21-8-12-25(31)26(32)15-21/h5-8,10-12,14-16,19-20H,9,13,17-18H2,1-4H3. The summed E-state index contributed by atoms with van der Waals surface area (Å²) < 4.78 is 35.2. The molecule has 0 saturated heterocycles. The Bertz CT molecular complexity index is 1360. The molecule has 0 unspecified atom stereocenters. The number of hydrogen-bond acceptors (Lipinski definition) is 3. The zero-order valence-corrected chi connectivity index (χ0v) is 21.2. The third-order valence-corrected chi connectivity index (χ3v) is 6.16. The van der Waals surface area contributed by atoms with Crippen molar-refractivity contribution in [3.8, 4) is 5.75 Å². The molecule has 4 nitrogen and oxygen atoms in total. The smallest absolute Gasteiger partial charge is 0.165 e. The molecule has 2 aromatic heterocycles. The maximum atomic E-state index is 13.7. The van der Waals surface area contributed by atoms with Crippen molar-refractivity contribution in [2.45, 2.75) is 53.0 Å². The minimum absolute atomic E-state index is 0.0240. The van der Waals surface area contributed by atoms with Gasteiger partial charge in [-0.1, -0.05) is 39.8 Å². The molecule has 0 N–H and O–H groups in total. The lowest BCUT2D eigenvalue weighted by molar-refractivity contribution is 0.0982. The average Bonchev–Trinajstić information content (AvgIpc) is 3.17. The summed E-state index contributed by atoms with van der Waals surface area (Å²) in [5.74, 6) is -0.593. The van der Waals surface area contributed by atoms with Gasteiger partial charge in [-0.25, -0.2) is 8.78 Å². The molecular formula is C30H32F2N2O2. The average molecular weight is 491 g/mol. The lowest BCUT2D eigenvalue weighted by atomic mass is 9.96. The number of halogens is 2. The van der Waals surface area contributed by atoms with Gasteiger partial charge < -0.3 is 9.30 Å². The minimum Gasteiger partial charge on any atom is -0.493 e. The number of ether oxygens (including phenoxy) is 1. The molecule has 0 atom stereocenters. The van der Waals surface area contributed by atoms with Crippen molar-refractivity contribution in [3.05, 3.63) is 94.9 Å². The van der Waals surface area contributed by atoms with Crippen molar-refractivity contribution in [2.24, 2.45) is 5.92 Å². The van der Waals surface area contributed by atoms with Crippen LogP contribution in [-0.2, 0) is 13.0 Å². The molecule has 0 aliphatic carbocycles. The van der Waals surface area contributed by atoms with E-state index in [0.717, 1.165) is 40.2 Å². The van der Waals surface area contributed by atoms with Gasteiger partial charge in [0.25, 0.3) is 0 Å². The van der Waals surface area contributed by atoms with Gasteiger partial charge in [-0.2, -0.15) is 0 Å². The predicted molar refractivity (Wildman–Crippen MR) is 139 cm³/mol. The fraction of sp³-hybridized carbons (Fsp3) is 0.333. The lowest BCUT2D eigenvalue weighted by Gasteiger charge is -2.15. The molecule has 0 fully saturated rings. The highest BCUT2D eigenvalue weighted by Crippen LogP contribution is 2.35. The Kier molecular flexibility index (Phi) is 7.82. The van der Waals surface area contributed by atoms with Gasteiger partial charge in [0, 0.05) is 35.3 Å². The Hall–Kier alpha value is -3.54. The van der Waals surface area contributed by atoms with Crippen LogP contribution in [0.2, 0.25) is 0 Å². The zero-order valence-electron chi connectivity index (χ0n) is 21.2. The van der Waals surface area contributed by atoms with Crippen LogP contribution in [0.1, 0.15) is 67.3 Å². The van der Waals surface area contributed by atoms with Gasteiger partial charge in [0.1, 0.15) is 5.75 Å². The number of ketones is 1. The van der Waals surface area contributed by atoms with E-state index in [1.165, 1.54) is 6.07 Å². The van der Waals surface area contributed by atoms with Gasteiger partial charge in [-0.3, -0.25) is 9.78 Å². The first-order chi connectivity index (χ1) is 17.2. The SMILES string of the molecule is CC(C)COc1ccc2c(C(=O)CCc3ccc(F)c(F)c3)c(C(C)C)n(Cc3ccccn3)c2c1. The highest BCUT2D eigenvalue weighted by Gasteiger charge is 2.25. The van der Waals surface area contributed by atoms with E-state index >= 15 is 0 Å². The zero-order chi connectivity index (χ0) is 25.8. The molecule has 0 bridgehead atoms. The molecule has 0 aliphatic heterocycles. The molecule has 0 radical (unpaired) electrons. The van der Waals surface area contributed by atoms with Crippen molar-refractivity contribution >= 4 is 16.7 Å². The second-order valence-corrected chi connectivity index (χ2v) is 9.88. The molecule has 4 aromatic rings. The molecule has 36 heavy (non-hydrogen) atoms. The lowest BCUT2D eigenvalue weighted by Crippen LogP contribution is -2.11. The molecule has 6 heteroatoms. The van der Waals surface area contributed by atoms with Crippen LogP contribution in [0.15, 0.2) is 60.8 Å². The number of nitrogens with zero attached hydrogens (tertiary/aromatic N) is 2. The number of aromatic nitrogens is 2. The highest BCUT2D eigenvalue weighted by atomic mass is 19.2. The van der Waals surface area contributed by atoms with Crippen LogP contribution in [0.25, 0.3) is 10.9 Å². The number of fused-ring (bicyclic) bond motifs is 1. The monoisotopic (exact) mass is 490 g/mol. The summed E-state index contributed by atoms with van der Waals surface area (Å²) in [6, 6.07) is 15.5. The van der Waals surface area contributed by atoms with Crippen LogP contribution >= 0.6 is 0 Å². The molecule has 2 aromatic carbocycles. The van der Waals surface area contributed by atoms with Crippen LogP contribution in [-0.4, -0.2) is 21.9 Å². The number of rotatable bonds is 10. The van der Waals surface area contributed by atoms with Crippen molar-refractivity contribution in [1.29, 1.82) is 0 Å². The maximum absolute atomic E-state index is 13.7. The first kappa shape index (κ1) is 25.5. The third-order valence-electron chi connectivity index (χ3n) is 6.16. The topological polar surface area (TPSA) is 44.1 Å². The summed E-state index contributed by atoms with van der Waals surface area (Å²) in [5, 5.41) is 0.863. The van der Waals surface area contributed by atoms with E-state index in [2.05, 4.69) is 37.2 Å². The maximum Gasteiger partial charge on any atom is 0.165 e. The van der Waals surface area contributed by atoms with Crippen LogP contribution in [0.4, 0.5) is 8.78 Å². The van der Waals surface area contributed by atoms with Gasteiger partial charge >= 0.3 is 0 Å².